The van der Waals surface area contributed by atoms with Crippen LogP contribution in [0.1, 0.15) is 18.5 Å². The van der Waals surface area contributed by atoms with E-state index >= 15 is 0 Å². The van der Waals surface area contributed by atoms with E-state index in [-0.39, 0.29) is 11.9 Å². The topological polar surface area (TPSA) is 69.3 Å². The molecule has 2 unspecified atom stereocenters. The Kier molecular flexibility index (Phi) is 8.40. The maximum atomic E-state index is 12.7. The van der Waals surface area contributed by atoms with E-state index in [1.165, 1.54) is 0 Å². The van der Waals surface area contributed by atoms with Gasteiger partial charge in [0.1, 0.15) is 5.75 Å². The van der Waals surface area contributed by atoms with Crippen molar-refractivity contribution in [2.75, 3.05) is 47.1 Å². The molecule has 8 heteroatoms. The van der Waals surface area contributed by atoms with Crippen molar-refractivity contribution in [1.29, 1.82) is 0 Å². The van der Waals surface area contributed by atoms with Gasteiger partial charge in [0.15, 0.2) is 17.6 Å². The lowest BCUT2D eigenvalue weighted by atomic mass is 10.0. The number of ether oxygens (including phenoxy) is 4. The molecule has 3 rings (SSSR count). The Morgan fingerprint density at radius 3 is 2.48 bits per heavy atom. The summed E-state index contributed by atoms with van der Waals surface area (Å²) in [5.41, 5.74) is 1.03. The Balaban J connectivity index is 1.71. The summed E-state index contributed by atoms with van der Waals surface area (Å²) in [6, 6.07) is 12.9. The second-order valence-corrected chi connectivity index (χ2v) is 7.62. The van der Waals surface area contributed by atoms with Crippen LogP contribution in [0, 0.1) is 0 Å². The first-order valence-electron chi connectivity index (χ1n) is 10.3. The van der Waals surface area contributed by atoms with Crippen LogP contribution in [0.2, 0.25) is 5.02 Å². The van der Waals surface area contributed by atoms with Crippen LogP contribution >= 0.6 is 11.6 Å². The molecule has 0 aliphatic carbocycles. The highest BCUT2D eigenvalue weighted by Gasteiger charge is 2.25. The summed E-state index contributed by atoms with van der Waals surface area (Å²) in [5.74, 6) is 1.59. The maximum Gasteiger partial charge on any atom is 0.260 e. The van der Waals surface area contributed by atoms with Crippen LogP contribution in [0.3, 0.4) is 0 Å². The number of benzene rings is 2. The summed E-state index contributed by atoms with van der Waals surface area (Å²) in [6.45, 7) is 5.00. The van der Waals surface area contributed by atoms with Crippen molar-refractivity contribution in [2.45, 2.75) is 19.1 Å². The van der Waals surface area contributed by atoms with Crippen LogP contribution in [-0.4, -0.2) is 64.0 Å². The lowest BCUT2D eigenvalue weighted by molar-refractivity contribution is -0.127. The fourth-order valence-corrected chi connectivity index (χ4v) is 3.71. The van der Waals surface area contributed by atoms with Crippen LogP contribution in [0.25, 0.3) is 0 Å². The van der Waals surface area contributed by atoms with E-state index in [1.807, 2.05) is 30.3 Å². The largest absolute Gasteiger partial charge is 0.493 e. The third-order valence-electron chi connectivity index (χ3n) is 5.26. The number of nitrogens with one attached hydrogen (secondary N) is 1. The summed E-state index contributed by atoms with van der Waals surface area (Å²) in [7, 11) is 3.22. The number of para-hydroxylation sites is 1. The monoisotopic (exact) mass is 448 g/mol. The minimum Gasteiger partial charge on any atom is -0.493 e. The highest BCUT2D eigenvalue weighted by molar-refractivity contribution is 6.32. The van der Waals surface area contributed by atoms with E-state index in [4.69, 9.17) is 30.5 Å². The molecular formula is C23H29ClN2O5. The van der Waals surface area contributed by atoms with Crippen LogP contribution in [0.15, 0.2) is 42.5 Å². The molecule has 1 amide bonds. The van der Waals surface area contributed by atoms with E-state index in [2.05, 4.69) is 10.2 Å². The van der Waals surface area contributed by atoms with Crippen LogP contribution in [0.5, 0.6) is 17.2 Å². The zero-order valence-corrected chi connectivity index (χ0v) is 18.9. The van der Waals surface area contributed by atoms with E-state index in [1.54, 1.807) is 33.3 Å². The van der Waals surface area contributed by atoms with Crippen LogP contribution < -0.4 is 19.5 Å². The molecule has 0 saturated carbocycles. The lowest BCUT2D eigenvalue weighted by Gasteiger charge is -2.35. The smallest absolute Gasteiger partial charge is 0.260 e. The van der Waals surface area contributed by atoms with Gasteiger partial charge in [-0.15, -0.1) is 0 Å². The zero-order chi connectivity index (χ0) is 22.2. The number of morpholine rings is 1. The minimum absolute atomic E-state index is 0.0415. The Morgan fingerprint density at radius 1 is 1.10 bits per heavy atom. The van der Waals surface area contributed by atoms with Gasteiger partial charge in [-0.2, -0.15) is 0 Å². The van der Waals surface area contributed by atoms with Crippen molar-refractivity contribution in [3.63, 3.8) is 0 Å². The molecular weight excluding hydrogens is 420 g/mol. The van der Waals surface area contributed by atoms with Gasteiger partial charge < -0.3 is 24.3 Å². The summed E-state index contributed by atoms with van der Waals surface area (Å²) >= 11 is 6.14. The van der Waals surface area contributed by atoms with E-state index < -0.39 is 6.10 Å². The van der Waals surface area contributed by atoms with E-state index in [0.29, 0.717) is 42.0 Å². The van der Waals surface area contributed by atoms with Gasteiger partial charge in [-0.05, 0) is 36.8 Å². The average Bonchev–Trinajstić information content (AvgIpc) is 2.81. The number of carbonyl (C=O) groups excluding carboxylic acids is 1. The molecule has 2 aromatic carbocycles. The molecule has 1 heterocycles. The standard InChI is InChI=1S/C23H29ClN2O5/c1-16(31-20-7-5-4-6-18(20)24)23(27)25-15-19(26-10-12-30-13-11-26)17-8-9-21(28-2)22(14-17)29-3/h4-9,14,16,19H,10-13,15H2,1-3H3,(H,25,27). The Hall–Kier alpha value is -2.48. The first-order chi connectivity index (χ1) is 15.0. The maximum absolute atomic E-state index is 12.7. The molecule has 0 bridgehead atoms. The Morgan fingerprint density at radius 2 is 1.81 bits per heavy atom. The van der Waals surface area contributed by atoms with Crippen molar-refractivity contribution in [3.8, 4) is 17.2 Å². The van der Waals surface area contributed by atoms with Gasteiger partial charge in [0.25, 0.3) is 5.91 Å². The molecule has 1 N–H and O–H groups in total. The van der Waals surface area contributed by atoms with Crippen molar-refractivity contribution in [2.24, 2.45) is 0 Å². The lowest BCUT2D eigenvalue weighted by Crippen LogP contribution is -2.45. The third kappa shape index (κ3) is 6.03. The molecule has 0 aromatic heterocycles. The van der Waals surface area contributed by atoms with Gasteiger partial charge in [-0.1, -0.05) is 29.8 Å². The number of hydrogen-bond donors (Lipinski definition) is 1. The highest BCUT2D eigenvalue weighted by Crippen LogP contribution is 2.32. The molecule has 0 spiro atoms. The molecule has 168 valence electrons. The van der Waals surface area contributed by atoms with Crippen molar-refractivity contribution in [1.82, 2.24) is 10.2 Å². The van der Waals surface area contributed by atoms with Crippen molar-refractivity contribution >= 4 is 17.5 Å². The predicted octanol–water partition coefficient (Wildman–Crippen LogP) is 3.31. The molecule has 0 radical (unpaired) electrons. The van der Waals surface area contributed by atoms with E-state index in [9.17, 15) is 4.79 Å². The normalized spacial score (nSPS) is 16.3. The summed E-state index contributed by atoms with van der Waals surface area (Å²) in [4.78, 5) is 15.0. The summed E-state index contributed by atoms with van der Waals surface area (Å²) in [6.07, 6.45) is -0.685. The van der Waals surface area contributed by atoms with Crippen molar-refractivity contribution in [3.05, 3.63) is 53.1 Å². The molecule has 1 aliphatic heterocycles. The van der Waals surface area contributed by atoms with Gasteiger partial charge >= 0.3 is 0 Å². The molecule has 1 saturated heterocycles. The first-order valence-corrected chi connectivity index (χ1v) is 10.6. The molecule has 1 fully saturated rings. The second-order valence-electron chi connectivity index (χ2n) is 7.21. The molecule has 1 aliphatic rings. The summed E-state index contributed by atoms with van der Waals surface area (Å²) in [5, 5.41) is 3.49. The number of rotatable bonds is 9. The second kappa shape index (κ2) is 11.2. The van der Waals surface area contributed by atoms with Crippen LogP contribution in [0.4, 0.5) is 0 Å². The minimum atomic E-state index is -0.685. The van der Waals surface area contributed by atoms with Gasteiger partial charge in [0.2, 0.25) is 0 Å². The molecule has 7 nitrogen and oxygen atoms in total. The van der Waals surface area contributed by atoms with Gasteiger partial charge in [-0.3, -0.25) is 9.69 Å². The number of methoxy groups -OCH3 is 2. The van der Waals surface area contributed by atoms with Gasteiger partial charge in [-0.25, -0.2) is 0 Å². The van der Waals surface area contributed by atoms with Crippen molar-refractivity contribution < 1.29 is 23.7 Å². The zero-order valence-electron chi connectivity index (χ0n) is 18.1. The first kappa shape index (κ1) is 23.2. The third-order valence-corrected chi connectivity index (χ3v) is 5.57. The SMILES string of the molecule is COc1ccc(C(CNC(=O)C(C)Oc2ccccc2Cl)N2CCOCC2)cc1OC. The number of hydrogen-bond acceptors (Lipinski definition) is 6. The Labute approximate surface area is 188 Å². The molecule has 31 heavy (non-hydrogen) atoms. The predicted molar refractivity (Wildman–Crippen MR) is 119 cm³/mol. The Bertz CT molecular complexity index is 873. The molecule has 2 atom stereocenters. The number of nitrogens with zero attached hydrogens (tertiary/aromatic N) is 1. The van der Waals surface area contributed by atoms with Gasteiger partial charge in [0.05, 0.1) is 38.5 Å². The summed E-state index contributed by atoms with van der Waals surface area (Å²) < 4.78 is 22.1. The molecule has 2 aromatic rings. The number of carbonyl (C=O) groups is 1. The van der Waals surface area contributed by atoms with E-state index in [0.717, 1.165) is 18.7 Å². The average molecular weight is 449 g/mol. The van der Waals surface area contributed by atoms with Gasteiger partial charge in [0, 0.05) is 19.6 Å². The fraction of sp³-hybridized carbons (Fsp3) is 0.435. The fourth-order valence-electron chi connectivity index (χ4n) is 3.53. The van der Waals surface area contributed by atoms with Crippen LogP contribution in [-0.2, 0) is 9.53 Å². The number of amides is 1. The highest BCUT2D eigenvalue weighted by atomic mass is 35.5. The quantitative estimate of drug-likeness (QED) is 0.634. The number of halogens is 1.